The molecule has 0 spiro atoms. The van der Waals surface area contributed by atoms with Gasteiger partial charge in [-0.2, -0.15) is 0 Å². The molecule has 3 atom stereocenters. The van der Waals surface area contributed by atoms with Gasteiger partial charge >= 0.3 is 5.97 Å². The number of carboxylic acid groups (broad SMARTS) is 1. The molecule has 1 saturated heterocycles. The van der Waals surface area contributed by atoms with Crippen LogP contribution >= 0.6 is 23.7 Å². The Morgan fingerprint density at radius 1 is 1.04 bits per heavy atom. The largest absolute Gasteiger partial charge is 0.481 e. The van der Waals surface area contributed by atoms with Crippen molar-refractivity contribution in [2.45, 2.75) is 91.0 Å². The average molecular weight is 697 g/mol. The number of likely N-dealkylation sites (tertiary alicyclic amines) is 1. The number of aliphatic hydroxyl groups excluding tert-OH is 1. The fourth-order valence-electron chi connectivity index (χ4n) is 5.20. The summed E-state index contributed by atoms with van der Waals surface area (Å²) < 4.78 is 10.9. The molecule has 12 nitrogen and oxygen atoms in total. The number of aliphatic carboxylic acids is 1. The van der Waals surface area contributed by atoms with Gasteiger partial charge in [-0.3, -0.25) is 19.2 Å². The van der Waals surface area contributed by atoms with Crippen LogP contribution in [-0.4, -0.2) is 94.9 Å². The fourth-order valence-corrected chi connectivity index (χ4v) is 6.01. The van der Waals surface area contributed by atoms with E-state index in [1.54, 1.807) is 11.3 Å². The molecule has 47 heavy (non-hydrogen) atoms. The number of hydrogen-bond acceptors (Lipinski definition) is 9. The van der Waals surface area contributed by atoms with Crippen LogP contribution in [0.25, 0.3) is 10.4 Å². The highest BCUT2D eigenvalue weighted by molar-refractivity contribution is 7.13. The van der Waals surface area contributed by atoms with Crippen LogP contribution in [0, 0.1) is 12.3 Å². The number of rotatable bonds is 18. The van der Waals surface area contributed by atoms with Crippen LogP contribution in [0.2, 0.25) is 0 Å². The van der Waals surface area contributed by atoms with E-state index in [2.05, 4.69) is 15.6 Å². The quantitative estimate of drug-likeness (QED) is 0.170. The summed E-state index contributed by atoms with van der Waals surface area (Å²) in [6, 6.07) is 6.04. The molecule has 2 heterocycles. The minimum absolute atomic E-state index is 0. The second kappa shape index (κ2) is 19.7. The number of thiazole rings is 1. The molecule has 0 aliphatic carbocycles. The number of halogens is 1. The summed E-state index contributed by atoms with van der Waals surface area (Å²) >= 11 is 1.57. The summed E-state index contributed by atoms with van der Waals surface area (Å²) in [5.74, 6) is -2.05. The molecule has 1 aromatic carbocycles. The molecule has 2 aromatic rings. The van der Waals surface area contributed by atoms with Gasteiger partial charge in [-0.25, -0.2) is 4.98 Å². The van der Waals surface area contributed by atoms with Crippen molar-refractivity contribution in [2.24, 2.45) is 5.41 Å². The Bertz CT molecular complexity index is 1300. The van der Waals surface area contributed by atoms with Crippen LogP contribution < -0.4 is 10.6 Å². The van der Waals surface area contributed by atoms with Crippen molar-refractivity contribution in [3.8, 4) is 10.4 Å². The van der Waals surface area contributed by atoms with Crippen LogP contribution in [0.1, 0.15) is 70.6 Å². The highest BCUT2D eigenvalue weighted by Crippen LogP contribution is 2.28. The van der Waals surface area contributed by atoms with Gasteiger partial charge in [-0.15, -0.1) is 23.7 Å². The second-order valence-electron chi connectivity index (χ2n) is 12.7. The van der Waals surface area contributed by atoms with E-state index in [1.807, 2.05) is 57.5 Å². The van der Waals surface area contributed by atoms with E-state index in [0.29, 0.717) is 19.6 Å². The van der Waals surface area contributed by atoms with E-state index in [0.717, 1.165) is 41.0 Å². The van der Waals surface area contributed by atoms with E-state index >= 15 is 0 Å². The van der Waals surface area contributed by atoms with Crippen molar-refractivity contribution in [3.05, 3.63) is 41.0 Å². The van der Waals surface area contributed by atoms with E-state index in [1.165, 1.54) is 4.90 Å². The predicted octanol–water partition coefficient (Wildman–Crippen LogP) is 3.72. The van der Waals surface area contributed by atoms with Gasteiger partial charge in [-0.05, 0) is 36.3 Å². The SMILES string of the molecule is Cc1ncsc1-c1ccc(CNC(=O)[C@@H]2C[C@@H](O)CN2C(=O)[C@@H](NC(=O)COCCOCCCCCCC(=O)O)C(C)(C)C)cc1.Cl. The van der Waals surface area contributed by atoms with E-state index in [9.17, 15) is 24.3 Å². The molecule has 0 bridgehead atoms. The molecule has 262 valence electrons. The zero-order valence-corrected chi connectivity index (χ0v) is 29.3. The summed E-state index contributed by atoms with van der Waals surface area (Å²) in [6.45, 7) is 8.48. The lowest BCUT2D eigenvalue weighted by molar-refractivity contribution is -0.144. The standard InChI is InChI=1S/C33H48N4O8S.ClH/c1-22-29(46-21-35-22)24-12-10-23(11-13-24)18-34-31(42)26-17-25(38)19-37(26)32(43)30(33(2,3)4)36-27(39)20-45-16-15-44-14-8-6-5-7-9-28(40)41;/h10-13,21,25-26,30,38H,5-9,14-20H2,1-4H3,(H,34,42)(H,36,39)(H,40,41);1H/t25-,26+,30-;/m1./s1. The van der Waals surface area contributed by atoms with Crippen LogP contribution in [0.3, 0.4) is 0 Å². The van der Waals surface area contributed by atoms with Crippen molar-refractivity contribution in [2.75, 3.05) is 33.0 Å². The molecule has 0 saturated carbocycles. The summed E-state index contributed by atoms with van der Waals surface area (Å²) in [4.78, 5) is 57.0. The number of benzene rings is 1. The molecule has 1 aromatic heterocycles. The van der Waals surface area contributed by atoms with Gasteiger partial charge in [0, 0.05) is 32.5 Å². The summed E-state index contributed by atoms with van der Waals surface area (Å²) in [7, 11) is 0. The van der Waals surface area contributed by atoms with Crippen molar-refractivity contribution >= 4 is 47.4 Å². The monoisotopic (exact) mass is 696 g/mol. The number of nitrogens with zero attached hydrogens (tertiary/aromatic N) is 2. The van der Waals surface area contributed by atoms with Crippen LogP contribution in [0.15, 0.2) is 29.8 Å². The Hall–Kier alpha value is -3.10. The number of hydrogen-bond donors (Lipinski definition) is 4. The topological polar surface area (TPSA) is 167 Å². The number of unbranched alkanes of at least 4 members (excludes halogenated alkanes) is 3. The number of carboxylic acids is 1. The maximum Gasteiger partial charge on any atom is 0.303 e. The van der Waals surface area contributed by atoms with Gasteiger partial charge in [0.25, 0.3) is 0 Å². The van der Waals surface area contributed by atoms with E-state index < -0.39 is 41.4 Å². The van der Waals surface area contributed by atoms with Gasteiger partial charge < -0.3 is 35.2 Å². The average Bonchev–Trinajstić information content (AvgIpc) is 3.61. The van der Waals surface area contributed by atoms with Gasteiger partial charge in [-0.1, -0.05) is 57.9 Å². The Morgan fingerprint density at radius 2 is 1.72 bits per heavy atom. The maximum atomic E-state index is 13.7. The van der Waals surface area contributed by atoms with Gasteiger partial charge in [0.2, 0.25) is 17.7 Å². The molecular weight excluding hydrogens is 648 g/mol. The van der Waals surface area contributed by atoms with Crippen molar-refractivity contribution in [1.29, 1.82) is 0 Å². The van der Waals surface area contributed by atoms with Crippen molar-refractivity contribution in [1.82, 2.24) is 20.5 Å². The normalized spacial score (nSPS) is 16.7. The van der Waals surface area contributed by atoms with Crippen molar-refractivity contribution < 1.29 is 38.9 Å². The van der Waals surface area contributed by atoms with Crippen molar-refractivity contribution in [3.63, 3.8) is 0 Å². The molecule has 14 heteroatoms. The number of aromatic nitrogens is 1. The third-order valence-electron chi connectivity index (χ3n) is 7.75. The fraction of sp³-hybridized carbons (Fsp3) is 0.606. The number of amides is 3. The summed E-state index contributed by atoms with van der Waals surface area (Å²) in [5, 5.41) is 24.7. The zero-order chi connectivity index (χ0) is 33.7. The number of β-amino-alcohol motifs (C(OH)–C–C–N with tert-alkyl or cyclic N) is 1. The lowest BCUT2D eigenvalue weighted by Gasteiger charge is -2.35. The molecule has 3 rings (SSSR count). The lowest BCUT2D eigenvalue weighted by Crippen LogP contribution is -2.58. The first-order chi connectivity index (χ1) is 21.9. The van der Waals surface area contributed by atoms with Gasteiger partial charge in [0.15, 0.2) is 0 Å². The first-order valence-corrected chi connectivity index (χ1v) is 16.7. The predicted molar refractivity (Wildman–Crippen MR) is 181 cm³/mol. The minimum Gasteiger partial charge on any atom is -0.481 e. The number of ether oxygens (including phenoxy) is 2. The minimum atomic E-state index is -0.940. The van der Waals surface area contributed by atoms with Crippen LogP contribution in [-0.2, 0) is 35.2 Å². The van der Waals surface area contributed by atoms with Crippen LogP contribution in [0.5, 0.6) is 0 Å². The first kappa shape index (κ1) is 40.1. The third kappa shape index (κ3) is 13.1. The van der Waals surface area contributed by atoms with E-state index in [-0.39, 0.29) is 57.5 Å². The Kier molecular flexibility index (Phi) is 16.8. The summed E-state index contributed by atoms with van der Waals surface area (Å²) in [6.07, 6.45) is 2.63. The molecule has 0 unspecified atom stereocenters. The zero-order valence-electron chi connectivity index (χ0n) is 27.7. The smallest absolute Gasteiger partial charge is 0.303 e. The number of carbonyl (C=O) groups is 4. The molecule has 1 aliphatic heterocycles. The number of aryl methyl sites for hydroxylation is 1. The molecule has 3 amide bonds. The maximum absolute atomic E-state index is 13.7. The Balaban J connectivity index is 0.00000768. The molecule has 4 N–H and O–H groups in total. The second-order valence-corrected chi connectivity index (χ2v) is 13.5. The lowest BCUT2D eigenvalue weighted by atomic mass is 9.85. The first-order valence-electron chi connectivity index (χ1n) is 15.8. The summed E-state index contributed by atoms with van der Waals surface area (Å²) in [5.41, 5.74) is 4.05. The van der Waals surface area contributed by atoms with Gasteiger partial charge in [0.1, 0.15) is 18.7 Å². The number of carbonyl (C=O) groups excluding carboxylic acids is 3. The highest BCUT2D eigenvalue weighted by Gasteiger charge is 2.44. The molecule has 0 radical (unpaired) electrons. The molecule has 1 fully saturated rings. The van der Waals surface area contributed by atoms with Crippen LogP contribution in [0.4, 0.5) is 0 Å². The third-order valence-corrected chi connectivity index (χ3v) is 8.72. The highest BCUT2D eigenvalue weighted by atomic mass is 35.5. The van der Waals surface area contributed by atoms with E-state index in [4.69, 9.17) is 14.6 Å². The number of nitrogens with one attached hydrogen (secondary N) is 2. The molecule has 1 aliphatic rings. The number of aliphatic hydroxyl groups is 1. The molecular formula is C33H49ClN4O8S. The Morgan fingerprint density at radius 3 is 2.36 bits per heavy atom. The van der Waals surface area contributed by atoms with Gasteiger partial charge in [0.05, 0.1) is 35.4 Å². The Labute approximate surface area is 287 Å².